The van der Waals surface area contributed by atoms with Gasteiger partial charge in [0.25, 0.3) is 5.91 Å². The molecule has 1 atom stereocenters. The maximum absolute atomic E-state index is 12.9. The fraction of sp³-hybridized carbons (Fsp3) is 0.667. The van der Waals surface area contributed by atoms with Gasteiger partial charge in [0.15, 0.2) is 0 Å². The van der Waals surface area contributed by atoms with Crippen LogP contribution in [0.3, 0.4) is 0 Å². The molecular formula is C15H25N3O4S. The third-order valence-electron chi connectivity index (χ3n) is 4.18. The van der Waals surface area contributed by atoms with Gasteiger partial charge in [-0.1, -0.05) is 13.8 Å². The van der Waals surface area contributed by atoms with Gasteiger partial charge in [0.2, 0.25) is 10.0 Å². The fourth-order valence-electron chi connectivity index (χ4n) is 3.04. The number of carbonyl (C=O) groups is 1. The first-order valence-corrected chi connectivity index (χ1v) is 9.07. The second-order valence-corrected chi connectivity index (χ2v) is 8.84. The molecule has 1 amide bonds. The van der Waals surface area contributed by atoms with E-state index < -0.39 is 16.1 Å². The van der Waals surface area contributed by atoms with Crippen LogP contribution in [0.15, 0.2) is 17.2 Å². The van der Waals surface area contributed by atoms with Crippen molar-refractivity contribution in [2.24, 2.45) is 12.5 Å². The van der Waals surface area contributed by atoms with Gasteiger partial charge in [-0.25, -0.2) is 8.42 Å². The summed E-state index contributed by atoms with van der Waals surface area (Å²) in [5.74, 6) is -0.333. The second-order valence-electron chi connectivity index (χ2n) is 6.90. The molecule has 1 unspecified atom stereocenters. The van der Waals surface area contributed by atoms with Gasteiger partial charge >= 0.3 is 0 Å². The van der Waals surface area contributed by atoms with Crippen LogP contribution in [0.2, 0.25) is 0 Å². The van der Waals surface area contributed by atoms with E-state index in [1.165, 1.54) is 28.2 Å². The number of rotatable bonds is 3. The van der Waals surface area contributed by atoms with Crippen molar-refractivity contribution < 1.29 is 18.3 Å². The van der Waals surface area contributed by atoms with Gasteiger partial charge in [-0.05, 0) is 24.3 Å². The molecule has 0 radical (unpaired) electrons. The number of sulfonamides is 1. The molecule has 8 heteroatoms. The van der Waals surface area contributed by atoms with Crippen LogP contribution in [0.25, 0.3) is 0 Å². The first-order chi connectivity index (χ1) is 10.6. The molecule has 1 aliphatic heterocycles. The van der Waals surface area contributed by atoms with E-state index in [9.17, 15) is 18.3 Å². The number of aryl methyl sites for hydroxylation is 1. The van der Waals surface area contributed by atoms with Crippen LogP contribution in [-0.2, 0) is 17.1 Å². The van der Waals surface area contributed by atoms with Crippen LogP contribution in [0.1, 0.15) is 37.2 Å². The minimum atomic E-state index is -3.70. The van der Waals surface area contributed by atoms with E-state index in [1.807, 2.05) is 13.8 Å². The van der Waals surface area contributed by atoms with Crippen molar-refractivity contribution in [1.29, 1.82) is 0 Å². The average molecular weight is 343 g/mol. The van der Waals surface area contributed by atoms with Crippen molar-refractivity contribution in [3.63, 3.8) is 0 Å². The van der Waals surface area contributed by atoms with E-state index in [4.69, 9.17) is 0 Å². The van der Waals surface area contributed by atoms with Crippen molar-refractivity contribution >= 4 is 15.9 Å². The summed E-state index contributed by atoms with van der Waals surface area (Å²) in [6, 6.07) is 1.39. The summed E-state index contributed by atoms with van der Waals surface area (Å²) in [6.07, 6.45) is 1.94. The number of aliphatic hydroxyl groups excluding tert-OH is 1. The maximum Gasteiger partial charge on any atom is 0.267 e. The third kappa shape index (κ3) is 3.76. The average Bonchev–Trinajstić information content (AvgIpc) is 2.77. The molecule has 2 heterocycles. The number of carbonyl (C=O) groups excluding carboxylic acids is 1. The Morgan fingerprint density at radius 2 is 2.09 bits per heavy atom. The smallest absolute Gasteiger partial charge is 0.267 e. The molecule has 0 saturated carbocycles. The lowest BCUT2D eigenvalue weighted by Crippen LogP contribution is -2.37. The predicted molar refractivity (Wildman–Crippen MR) is 86.6 cm³/mol. The SMILES string of the molecule is CNC(=O)c1cc(S(=O)(=O)N2CCC(O)CC(C)(C)C2)cn1C. The third-order valence-corrected chi connectivity index (χ3v) is 5.99. The van der Waals surface area contributed by atoms with Crippen LogP contribution in [-0.4, -0.2) is 54.5 Å². The summed E-state index contributed by atoms with van der Waals surface area (Å²) in [5, 5.41) is 12.4. The molecular weight excluding hydrogens is 318 g/mol. The van der Waals surface area contributed by atoms with Crippen LogP contribution < -0.4 is 5.32 Å². The zero-order valence-electron chi connectivity index (χ0n) is 14.0. The highest BCUT2D eigenvalue weighted by Gasteiger charge is 2.36. The molecule has 0 aliphatic carbocycles. The lowest BCUT2D eigenvalue weighted by molar-refractivity contribution is 0.0955. The minimum Gasteiger partial charge on any atom is -0.393 e. The van der Waals surface area contributed by atoms with Crippen LogP contribution in [0, 0.1) is 5.41 Å². The number of hydrogen-bond acceptors (Lipinski definition) is 4. The topological polar surface area (TPSA) is 91.6 Å². The molecule has 1 aromatic heterocycles. The van der Waals surface area contributed by atoms with Crippen molar-refractivity contribution in [3.05, 3.63) is 18.0 Å². The van der Waals surface area contributed by atoms with E-state index in [-0.39, 0.29) is 22.8 Å². The summed E-state index contributed by atoms with van der Waals surface area (Å²) in [4.78, 5) is 11.9. The Hall–Kier alpha value is -1.38. The second kappa shape index (κ2) is 6.26. The van der Waals surface area contributed by atoms with Crippen molar-refractivity contribution in [2.75, 3.05) is 20.1 Å². The van der Waals surface area contributed by atoms with Gasteiger partial charge < -0.3 is 15.0 Å². The zero-order valence-corrected chi connectivity index (χ0v) is 14.9. The monoisotopic (exact) mass is 343 g/mol. The maximum atomic E-state index is 12.9. The molecule has 2 N–H and O–H groups in total. The normalized spacial score (nSPS) is 22.6. The van der Waals surface area contributed by atoms with Gasteiger partial charge in [-0.2, -0.15) is 4.31 Å². The summed E-state index contributed by atoms with van der Waals surface area (Å²) in [7, 11) is -0.561. The fourth-order valence-corrected chi connectivity index (χ4v) is 4.75. The molecule has 7 nitrogen and oxygen atoms in total. The zero-order chi connectivity index (χ0) is 17.4. The number of hydrogen-bond donors (Lipinski definition) is 2. The Kier molecular flexibility index (Phi) is 4.89. The summed E-state index contributed by atoms with van der Waals surface area (Å²) < 4.78 is 28.7. The standard InChI is InChI=1S/C15H25N3O4S/c1-15(2)8-11(19)5-6-18(10-15)23(21,22)12-7-13(14(20)16-3)17(4)9-12/h7,9,11,19H,5-6,8,10H2,1-4H3,(H,16,20). The minimum absolute atomic E-state index is 0.103. The summed E-state index contributed by atoms with van der Waals surface area (Å²) >= 11 is 0. The van der Waals surface area contributed by atoms with Gasteiger partial charge in [-0.3, -0.25) is 4.79 Å². The van der Waals surface area contributed by atoms with E-state index in [0.717, 1.165) is 0 Å². The van der Waals surface area contributed by atoms with E-state index in [1.54, 1.807) is 7.05 Å². The molecule has 1 fully saturated rings. The number of aromatic nitrogens is 1. The number of aliphatic hydroxyl groups is 1. The Morgan fingerprint density at radius 3 is 2.70 bits per heavy atom. The molecule has 0 spiro atoms. The molecule has 1 aliphatic rings. The highest BCUT2D eigenvalue weighted by molar-refractivity contribution is 7.89. The van der Waals surface area contributed by atoms with Crippen molar-refractivity contribution in [2.45, 2.75) is 37.7 Å². The van der Waals surface area contributed by atoms with Gasteiger partial charge in [0.05, 0.1) is 6.10 Å². The number of amides is 1. The van der Waals surface area contributed by atoms with E-state index in [0.29, 0.717) is 25.1 Å². The van der Waals surface area contributed by atoms with E-state index >= 15 is 0 Å². The Morgan fingerprint density at radius 1 is 1.43 bits per heavy atom. The quantitative estimate of drug-likeness (QED) is 0.839. The summed E-state index contributed by atoms with van der Waals surface area (Å²) in [5.41, 5.74) is -0.0123. The molecule has 1 aromatic rings. The van der Waals surface area contributed by atoms with Gasteiger partial charge in [-0.15, -0.1) is 0 Å². The van der Waals surface area contributed by atoms with Crippen LogP contribution in [0.5, 0.6) is 0 Å². The number of nitrogens with one attached hydrogen (secondary N) is 1. The number of nitrogens with zero attached hydrogens (tertiary/aromatic N) is 2. The van der Waals surface area contributed by atoms with Crippen LogP contribution in [0.4, 0.5) is 0 Å². The first-order valence-electron chi connectivity index (χ1n) is 7.63. The molecule has 2 rings (SSSR count). The lowest BCUT2D eigenvalue weighted by atomic mass is 9.87. The molecule has 23 heavy (non-hydrogen) atoms. The van der Waals surface area contributed by atoms with Crippen LogP contribution >= 0.6 is 0 Å². The molecule has 0 bridgehead atoms. The predicted octanol–water partition coefficient (Wildman–Crippen LogP) is 0.556. The summed E-state index contributed by atoms with van der Waals surface area (Å²) in [6.45, 7) is 4.52. The Bertz CT molecular complexity index is 694. The Labute approximate surface area is 137 Å². The lowest BCUT2D eigenvalue weighted by Gasteiger charge is -2.28. The van der Waals surface area contributed by atoms with Gasteiger partial charge in [0.1, 0.15) is 10.6 Å². The van der Waals surface area contributed by atoms with Crippen molar-refractivity contribution in [3.8, 4) is 0 Å². The molecule has 1 saturated heterocycles. The van der Waals surface area contributed by atoms with Crippen molar-refractivity contribution in [1.82, 2.24) is 14.2 Å². The highest BCUT2D eigenvalue weighted by atomic mass is 32.2. The molecule has 130 valence electrons. The molecule has 0 aromatic carbocycles. The first kappa shape index (κ1) is 18.0. The highest BCUT2D eigenvalue weighted by Crippen LogP contribution is 2.31. The Balaban J connectivity index is 2.36. The van der Waals surface area contributed by atoms with E-state index in [2.05, 4.69) is 5.32 Å². The largest absolute Gasteiger partial charge is 0.393 e. The van der Waals surface area contributed by atoms with Gasteiger partial charge in [0, 0.05) is 33.4 Å².